The maximum Gasteiger partial charge on any atom is 0.0615 e. The summed E-state index contributed by atoms with van der Waals surface area (Å²) in [6.07, 6.45) is 1.84. The number of hydrogen-bond donors (Lipinski definition) is 1. The van der Waals surface area contributed by atoms with Gasteiger partial charge in [0.2, 0.25) is 0 Å². The topological polar surface area (TPSA) is 32.7 Å². The van der Waals surface area contributed by atoms with Crippen LogP contribution in [0.1, 0.15) is 6.92 Å². The second kappa shape index (κ2) is 7.28. The van der Waals surface area contributed by atoms with E-state index in [9.17, 15) is 0 Å². The van der Waals surface area contributed by atoms with Gasteiger partial charge in [-0.3, -0.25) is 4.90 Å². The highest BCUT2D eigenvalue weighted by atomic mass is 16.5. The number of aliphatic hydroxyl groups is 1. The lowest BCUT2D eigenvalue weighted by atomic mass is 10.3. The largest absolute Gasteiger partial charge is 0.395 e. The van der Waals surface area contributed by atoms with Crippen LogP contribution in [0.4, 0.5) is 0 Å². The summed E-state index contributed by atoms with van der Waals surface area (Å²) in [4.78, 5) is 2.12. The monoisotopic (exact) mass is 173 g/mol. The molecule has 0 aromatic rings. The maximum absolute atomic E-state index is 8.76. The van der Waals surface area contributed by atoms with Crippen molar-refractivity contribution in [2.24, 2.45) is 0 Å². The highest BCUT2D eigenvalue weighted by molar-refractivity contribution is 4.76. The van der Waals surface area contributed by atoms with E-state index in [4.69, 9.17) is 9.84 Å². The fourth-order valence-corrected chi connectivity index (χ4v) is 1.13. The Labute approximate surface area is 74.6 Å². The smallest absolute Gasteiger partial charge is 0.0615 e. The minimum absolute atomic E-state index is 0.182. The van der Waals surface area contributed by atoms with Crippen LogP contribution in [0.25, 0.3) is 0 Å². The molecule has 0 rings (SSSR count). The molecule has 1 unspecified atom stereocenters. The zero-order chi connectivity index (χ0) is 9.40. The van der Waals surface area contributed by atoms with Crippen molar-refractivity contribution in [3.63, 3.8) is 0 Å². The number of aliphatic hydroxyl groups excluding tert-OH is 1. The molecular weight excluding hydrogens is 154 g/mol. The Balaban J connectivity index is 3.80. The first-order valence-electron chi connectivity index (χ1n) is 4.21. The van der Waals surface area contributed by atoms with Crippen LogP contribution in [0, 0.1) is 0 Å². The summed E-state index contributed by atoms with van der Waals surface area (Å²) in [5.41, 5.74) is 0. The van der Waals surface area contributed by atoms with Gasteiger partial charge in [0, 0.05) is 26.2 Å². The van der Waals surface area contributed by atoms with Gasteiger partial charge in [-0.05, 0) is 6.92 Å². The van der Waals surface area contributed by atoms with Gasteiger partial charge >= 0.3 is 0 Å². The van der Waals surface area contributed by atoms with Gasteiger partial charge in [0.15, 0.2) is 0 Å². The van der Waals surface area contributed by atoms with Crippen molar-refractivity contribution in [3.8, 4) is 0 Å². The Morgan fingerprint density at radius 1 is 1.67 bits per heavy atom. The van der Waals surface area contributed by atoms with E-state index in [1.54, 1.807) is 7.11 Å². The number of rotatable bonds is 7. The fraction of sp³-hybridized carbons (Fsp3) is 0.778. The molecule has 1 atom stereocenters. The number of methoxy groups -OCH3 is 1. The minimum atomic E-state index is 0.182. The third-order valence-corrected chi connectivity index (χ3v) is 1.78. The first-order valence-corrected chi connectivity index (χ1v) is 4.21. The summed E-state index contributed by atoms with van der Waals surface area (Å²) in [6.45, 7) is 8.08. The Morgan fingerprint density at radius 2 is 2.33 bits per heavy atom. The van der Waals surface area contributed by atoms with Crippen LogP contribution in [0.3, 0.4) is 0 Å². The summed E-state index contributed by atoms with van der Waals surface area (Å²) in [7, 11) is 1.68. The quantitative estimate of drug-likeness (QED) is 0.569. The van der Waals surface area contributed by atoms with Gasteiger partial charge in [0.1, 0.15) is 0 Å². The van der Waals surface area contributed by atoms with Crippen LogP contribution in [0.5, 0.6) is 0 Å². The predicted molar refractivity (Wildman–Crippen MR) is 50.2 cm³/mol. The van der Waals surface area contributed by atoms with E-state index in [1.165, 1.54) is 0 Å². The van der Waals surface area contributed by atoms with Gasteiger partial charge in [-0.25, -0.2) is 0 Å². The molecule has 0 aromatic heterocycles. The molecule has 0 aromatic carbocycles. The Bertz CT molecular complexity index is 117. The van der Waals surface area contributed by atoms with E-state index in [2.05, 4.69) is 18.4 Å². The number of ether oxygens (including phenoxy) is 1. The molecule has 0 aliphatic heterocycles. The molecule has 0 radical (unpaired) electrons. The van der Waals surface area contributed by atoms with Crippen LogP contribution in [-0.4, -0.2) is 49.5 Å². The average molecular weight is 173 g/mol. The van der Waals surface area contributed by atoms with E-state index < -0.39 is 0 Å². The molecule has 0 spiro atoms. The molecule has 3 nitrogen and oxygen atoms in total. The average Bonchev–Trinajstić information content (AvgIpc) is 2.04. The molecule has 3 heteroatoms. The van der Waals surface area contributed by atoms with Crippen molar-refractivity contribution >= 4 is 0 Å². The van der Waals surface area contributed by atoms with Crippen LogP contribution < -0.4 is 0 Å². The van der Waals surface area contributed by atoms with Crippen LogP contribution in [-0.2, 0) is 4.74 Å². The third-order valence-electron chi connectivity index (χ3n) is 1.78. The van der Waals surface area contributed by atoms with E-state index in [0.29, 0.717) is 19.2 Å². The normalized spacial score (nSPS) is 13.3. The molecule has 12 heavy (non-hydrogen) atoms. The summed E-state index contributed by atoms with van der Waals surface area (Å²) in [6, 6.07) is 0.333. The van der Waals surface area contributed by atoms with Crippen molar-refractivity contribution < 1.29 is 9.84 Å². The zero-order valence-electron chi connectivity index (χ0n) is 7.99. The lowest BCUT2D eigenvalue weighted by molar-refractivity contribution is 0.0932. The van der Waals surface area contributed by atoms with Crippen molar-refractivity contribution in [3.05, 3.63) is 12.7 Å². The third kappa shape index (κ3) is 4.49. The fourth-order valence-electron chi connectivity index (χ4n) is 1.13. The first kappa shape index (κ1) is 11.6. The molecule has 0 bridgehead atoms. The molecule has 0 fully saturated rings. The molecule has 0 saturated carbocycles. The molecule has 0 aliphatic carbocycles. The van der Waals surface area contributed by atoms with E-state index in [-0.39, 0.29) is 6.61 Å². The molecule has 0 amide bonds. The Kier molecular flexibility index (Phi) is 7.05. The van der Waals surface area contributed by atoms with Gasteiger partial charge in [-0.2, -0.15) is 0 Å². The number of nitrogens with zero attached hydrogens (tertiary/aromatic N) is 1. The van der Waals surface area contributed by atoms with E-state index in [1.807, 2.05) is 6.08 Å². The van der Waals surface area contributed by atoms with Gasteiger partial charge in [0.05, 0.1) is 13.2 Å². The SMILES string of the molecule is C=CCN(CCO)C(C)COC. The van der Waals surface area contributed by atoms with Crippen molar-refractivity contribution in [2.75, 3.05) is 33.4 Å². The number of hydrogen-bond acceptors (Lipinski definition) is 3. The van der Waals surface area contributed by atoms with E-state index >= 15 is 0 Å². The maximum atomic E-state index is 8.76. The molecular formula is C9H19NO2. The molecule has 0 heterocycles. The summed E-state index contributed by atoms with van der Waals surface area (Å²) < 4.78 is 5.02. The van der Waals surface area contributed by atoms with E-state index in [0.717, 1.165) is 6.54 Å². The summed E-state index contributed by atoms with van der Waals surface area (Å²) in [5.74, 6) is 0. The first-order chi connectivity index (χ1) is 5.76. The molecule has 0 saturated heterocycles. The Hall–Kier alpha value is -0.380. The highest BCUT2D eigenvalue weighted by Gasteiger charge is 2.10. The van der Waals surface area contributed by atoms with Crippen molar-refractivity contribution in [2.45, 2.75) is 13.0 Å². The van der Waals surface area contributed by atoms with Gasteiger partial charge in [-0.15, -0.1) is 6.58 Å². The summed E-state index contributed by atoms with van der Waals surface area (Å²) in [5, 5.41) is 8.76. The highest BCUT2D eigenvalue weighted by Crippen LogP contribution is 1.98. The van der Waals surface area contributed by atoms with Gasteiger partial charge in [-0.1, -0.05) is 6.08 Å². The second-order valence-electron chi connectivity index (χ2n) is 2.81. The second-order valence-corrected chi connectivity index (χ2v) is 2.81. The van der Waals surface area contributed by atoms with Crippen LogP contribution in [0.15, 0.2) is 12.7 Å². The molecule has 0 aliphatic rings. The standard InChI is InChI=1S/C9H19NO2/c1-4-5-10(6-7-11)9(2)8-12-3/h4,9,11H,1,5-8H2,2-3H3. The minimum Gasteiger partial charge on any atom is -0.395 e. The van der Waals surface area contributed by atoms with Crippen LogP contribution >= 0.6 is 0 Å². The molecule has 1 N–H and O–H groups in total. The Morgan fingerprint density at radius 3 is 2.75 bits per heavy atom. The molecule has 72 valence electrons. The lowest BCUT2D eigenvalue weighted by Crippen LogP contribution is -2.38. The van der Waals surface area contributed by atoms with Crippen molar-refractivity contribution in [1.29, 1.82) is 0 Å². The zero-order valence-corrected chi connectivity index (χ0v) is 7.99. The lowest BCUT2D eigenvalue weighted by Gasteiger charge is -2.26. The van der Waals surface area contributed by atoms with Gasteiger partial charge < -0.3 is 9.84 Å². The predicted octanol–water partition coefficient (Wildman–Crippen LogP) is 0.502. The van der Waals surface area contributed by atoms with Gasteiger partial charge in [0.25, 0.3) is 0 Å². The summed E-state index contributed by atoms with van der Waals surface area (Å²) >= 11 is 0. The van der Waals surface area contributed by atoms with Crippen LogP contribution in [0.2, 0.25) is 0 Å². The van der Waals surface area contributed by atoms with Crippen molar-refractivity contribution in [1.82, 2.24) is 4.90 Å².